The normalized spacial score (nSPS) is 12.0. The minimum Gasteiger partial charge on any atom is -0.493 e. The van der Waals surface area contributed by atoms with E-state index in [2.05, 4.69) is 15.9 Å². The third-order valence-electron chi connectivity index (χ3n) is 3.29. The first-order valence-corrected chi connectivity index (χ1v) is 7.63. The van der Waals surface area contributed by atoms with Crippen molar-refractivity contribution in [1.82, 2.24) is 0 Å². The van der Waals surface area contributed by atoms with E-state index in [0.717, 1.165) is 15.6 Å². The number of methoxy groups -OCH3 is 2. The molecule has 5 heteroatoms. The molecule has 1 unspecified atom stereocenters. The quantitative estimate of drug-likeness (QED) is 0.850. The predicted molar refractivity (Wildman–Crippen MR) is 89.3 cm³/mol. The Labute approximate surface area is 138 Å². The monoisotopic (exact) mass is 369 g/mol. The van der Waals surface area contributed by atoms with Gasteiger partial charge in [0, 0.05) is 15.5 Å². The lowest BCUT2D eigenvalue weighted by molar-refractivity contribution is 0.354. The second-order valence-electron chi connectivity index (χ2n) is 4.66. The molecule has 0 spiro atoms. The van der Waals surface area contributed by atoms with Crippen molar-refractivity contribution in [3.63, 3.8) is 0 Å². The van der Waals surface area contributed by atoms with Gasteiger partial charge in [-0.15, -0.1) is 0 Å². The molecule has 0 aliphatic carbocycles. The molecule has 0 fully saturated rings. The van der Waals surface area contributed by atoms with E-state index in [4.69, 9.17) is 26.8 Å². The van der Waals surface area contributed by atoms with Crippen LogP contribution in [0.1, 0.15) is 17.2 Å². The molecule has 0 aromatic heterocycles. The van der Waals surface area contributed by atoms with E-state index in [0.29, 0.717) is 22.9 Å². The SMILES string of the molecule is COc1ccc(C(N)Cc2ccc(Br)cc2Cl)cc1OC. The summed E-state index contributed by atoms with van der Waals surface area (Å²) < 4.78 is 11.5. The second kappa shape index (κ2) is 7.16. The molecule has 2 rings (SSSR count). The lowest BCUT2D eigenvalue weighted by Crippen LogP contribution is -2.13. The smallest absolute Gasteiger partial charge is 0.161 e. The molecular weight excluding hydrogens is 354 g/mol. The van der Waals surface area contributed by atoms with Crippen LogP contribution in [0.25, 0.3) is 0 Å². The fourth-order valence-electron chi connectivity index (χ4n) is 2.13. The molecule has 2 N–H and O–H groups in total. The maximum absolute atomic E-state index is 6.28. The van der Waals surface area contributed by atoms with Crippen LogP contribution in [-0.2, 0) is 6.42 Å². The zero-order chi connectivity index (χ0) is 15.4. The lowest BCUT2D eigenvalue weighted by Gasteiger charge is -2.16. The number of rotatable bonds is 5. The summed E-state index contributed by atoms with van der Waals surface area (Å²) in [6.45, 7) is 0. The summed E-state index contributed by atoms with van der Waals surface area (Å²) in [7, 11) is 3.22. The molecular formula is C16H17BrClNO2. The molecule has 0 bridgehead atoms. The Morgan fingerprint density at radius 2 is 1.81 bits per heavy atom. The third-order valence-corrected chi connectivity index (χ3v) is 4.14. The average Bonchev–Trinajstić information content (AvgIpc) is 2.49. The van der Waals surface area contributed by atoms with Gasteiger partial charge in [-0.1, -0.05) is 39.7 Å². The molecule has 0 radical (unpaired) electrons. The van der Waals surface area contributed by atoms with Gasteiger partial charge in [-0.3, -0.25) is 0 Å². The molecule has 2 aromatic rings. The highest BCUT2D eigenvalue weighted by molar-refractivity contribution is 9.10. The molecule has 0 aliphatic rings. The minimum atomic E-state index is -0.163. The average molecular weight is 371 g/mol. The number of ether oxygens (including phenoxy) is 2. The summed E-state index contributed by atoms with van der Waals surface area (Å²) in [5.74, 6) is 1.36. The maximum Gasteiger partial charge on any atom is 0.161 e. The summed E-state index contributed by atoms with van der Waals surface area (Å²) in [5.41, 5.74) is 8.28. The first-order valence-electron chi connectivity index (χ1n) is 6.46. The number of nitrogens with two attached hydrogens (primary N) is 1. The van der Waals surface area contributed by atoms with E-state index in [-0.39, 0.29) is 6.04 Å². The van der Waals surface area contributed by atoms with Gasteiger partial charge in [0.25, 0.3) is 0 Å². The molecule has 21 heavy (non-hydrogen) atoms. The fourth-order valence-corrected chi connectivity index (χ4v) is 2.88. The summed E-state index contributed by atoms with van der Waals surface area (Å²) in [5, 5.41) is 0.709. The van der Waals surface area contributed by atoms with Gasteiger partial charge in [0.1, 0.15) is 0 Å². The highest BCUT2D eigenvalue weighted by Gasteiger charge is 2.13. The highest BCUT2D eigenvalue weighted by Crippen LogP contribution is 2.31. The van der Waals surface area contributed by atoms with Crippen molar-refractivity contribution in [2.75, 3.05) is 14.2 Å². The van der Waals surface area contributed by atoms with Gasteiger partial charge < -0.3 is 15.2 Å². The van der Waals surface area contributed by atoms with Crippen molar-refractivity contribution in [2.24, 2.45) is 5.73 Å². The van der Waals surface area contributed by atoms with Crippen molar-refractivity contribution in [3.05, 3.63) is 57.0 Å². The Morgan fingerprint density at radius 3 is 2.43 bits per heavy atom. The van der Waals surface area contributed by atoms with Gasteiger partial charge in [-0.05, 0) is 41.8 Å². The van der Waals surface area contributed by atoms with Crippen molar-refractivity contribution >= 4 is 27.5 Å². The van der Waals surface area contributed by atoms with Crippen LogP contribution >= 0.6 is 27.5 Å². The second-order valence-corrected chi connectivity index (χ2v) is 5.98. The summed E-state index contributed by atoms with van der Waals surface area (Å²) in [4.78, 5) is 0. The maximum atomic E-state index is 6.28. The Balaban J connectivity index is 2.21. The number of halogens is 2. The molecule has 0 saturated carbocycles. The van der Waals surface area contributed by atoms with Crippen molar-refractivity contribution in [3.8, 4) is 11.5 Å². The van der Waals surface area contributed by atoms with Gasteiger partial charge in [-0.2, -0.15) is 0 Å². The van der Waals surface area contributed by atoms with Crippen LogP contribution in [0.4, 0.5) is 0 Å². The minimum absolute atomic E-state index is 0.163. The largest absolute Gasteiger partial charge is 0.493 e. The molecule has 0 saturated heterocycles. The van der Waals surface area contributed by atoms with E-state index in [1.807, 2.05) is 36.4 Å². The molecule has 1 atom stereocenters. The fraction of sp³-hybridized carbons (Fsp3) is 0.250. The van der Waals surface area contributed by atoms with Crippen molar-refractivity contribution in [2.45, 2.75) is 12.5 Å². The molecule has 2 aromatic carbocycles. The number of benzene rings is 2. The predicted octanol–water partition coefficient (Wildman–Crippen LogP) is 4.36. The van der Waals surface area contributed by atoms with Crippen LogP contribution < -0.4 is 15.2 Å². The molecule has 0 amide bonds. The van der Waals surface area contributed by atoms with Crippen LogP contribution in [0.2, 0.25) is 5.02 Å². The van der Waals surface area contributed by atoms with E-state index < -0.39 is 0 Å². The van der Waals surface area contributed by atoms with Crippen LogP contribution in [0.5, 0.6) is 11.5 Å². The Morgan fingerprint density at radius 1 is 1.10 bits per heavy atom. The number of hydrogen-bond acceptors (Lipinski definition) is 3. The summed E-state index contributed by atoms with van der Waals surface area (Å²) >= 11 is 9.63. The standard InChI is InChI=1S/C16H17BrClNO2/c1-20-15-6-4-11(8-16(15)21-2)14(19)7-10-3-5-12(17)9-13(10)18/h3-6,8-9,14H,7,19H2,1-2H3. The highest BCUT2D eigenvalue weighted by atomic mass is 79.9. The molecule has 0 heterocycles. The summed E-state index contributed by atoms with van der Waals surface area (Å²) in [6, 6.07) is 11.4. The van der Waals surface area contributed by atoms with Crippen molar-refractivity contribution < 1.29 is 9.47 Å². The van der Waals surface area contributed by atoms with Gasteiger partial charge in [0.2, 0.25) is 0 Å². The van der Waals surface area contributed by atoms with Gasteiger partial charge >= 0.3 is 0 Å². The zero-order valence-electron chi connectivity index (χ0n) is 11.9. The topological polar surface area (TPSA) is 44.5 Å². The van der Waals surface area contributed by atoms with E-state index in [1.165, 1.54) is 0 Å². The van der Waals surface area contributed by atoms with Crippen LogP contribution in [0.3, 0.4) is 0 Å². The van der Waals surface area contributed by atoms with Gasteiger partial charge in [0.15, 0.2) is 11.5 Å². The lowest BCUT2D eigenvalue weighted by atomic mass is 9.99. The molecule has 3 nitrogen and oxygen atoms in total. The molecule has 0 aliphatic heterocycles. The van der Waals surface area contributed by atoms with Crippen LogP contribution in [0, 0.1) is 0 Å². The first kappa shape index (κ1) is 16.1. The van der Waals surface area contributed by atoms with E-state index in [9.17, 15) is 0 Å². The van der Waals surface area contributed by atoms with Crippen LogP contribution in [-0.4, -0.2) is 14.2 Å². The van der Waals surface area contributed by atoms with Gasteiger partial charge in [0.05, 0.1) is 14.2 Å². The van der Waals surface area contributed by atoms with Crippen molar-refractivity contribution in [1.29, 1.82) is 0 Å². The third kappa shape index (κ3) is 3.90. The Hall–Kier alpha value is -1.23. The van der Waals surface area contributed by atoms with E-state index >= 15 is 0 Å². The Bertz CT molecular complexity index is 634. The summed E-state index contributed by atoms with van der Waals surface area (Å²) in [6.07, 6.45) is 0.654. The number of hydrogen-bond donors (Lipinski definition) is 1. The first-order chi connectivity index (χ1) is 10.0. The zero-order valence-corrected chi connectivity index (χ0v) is 14.2. The van der Waals surface area contributed by atoms with Gasteiger partial charge in [-0.25, -0.2) is 0 Å². The Kier molecular flexibility index (Phi) is 5.51. The molecule has 112 valence electrons. The van der Waals surface area contributed by atoms with E-state index in [1.54, 1.807) is 14.2 Å². The van der Waals surface area contributed by atoms with Crippen LogP contribution in [0.15, 0.2) is 40.9 Å².